The first kappa shape index (κ1) is 13.1. The molecule has 88 valence electrons. The zero-order valence-corrected chi connectivity index (χ0v) is 11.1. The van der Waals surface area contributed by atoms with Crippen molar-refractivity contribution in [3.8, 4) is 0 Å². The maximum atomic E-state index is 11.5. The molecule has 1 aromatic heterocycles. The summed E-state index contributed by atoms with van der Waals surface area (Å²) < 4.78 is 0.801. The third-order valence-electron chi connectivity index (χ3n) is 2.01. The fourth-order valence-electron chi connectivity index (χ4n) is 1.21. The molecule has 4 nitrogen and oxygen atoms in total. The van der Waals surface area contributed by atoms with Gasteiger partial charge in [-0.1, -0.05) is 6.92 Å². The van der Waals surface area contributed by atoms with E-state index in [1.54, 1.807) is 6.20 Å². The maximum Gasteiger partial charge on any atom is 0.238 e. The van der Waals surface area contributed by atoms with Gasteiger partial charge in [0.25, 0.3) is 0 Å². The molecule has 1 heterocycles. The minimum Gasteiger partial charge on any atom is -0.324 e. The molecule has 2 N–H and O–H groups in total. The molecule has 5 heteroatoms. The molecule has 0 fully saturated rings. The number of carbonyl (C=O) groups excluding carboxylic acids is 1. The van der Waals surface area contributed by atoms with Crippen LogP contribution in [0.25, 0.3) is 0 Å². The number of carbonyl (C=O) groups is 1. The van der Waals surface area contributed by atoms with Crippen LogP contribution >= 0.6 is 15.9 Å². The second kappa shape index (κ2) is 6.60. The molecule has 0 radical (unpaired) electrons. The highest BCUT2D eigenvalue weighted by Crippen LogP contribution is 2.16. The Morgan fingerprint density at radius 1 is 1.56 bits per heavy atom. The lowest BCUT2D eigenvalue weighted by molar-refractivity contribution is -0.115. The first-order chi connectivity index (χ1) is 7.63. The van der Waals surface area contributed by atoms with E-state index in [2.05, 4.69) is 38.5 Å². The van der Waals surface area contributed by atoms with Crippen LogP contribution in [0, 0.1) is 6.92 Å². The summed E-state index contributed by atoms with van der Waals surface area (Å²) in [6.45, 7) is 5.18. The highest BCUT2D eigenvalue weighted by atomic mass is 79.9. The van der Waals surface area contributed by atoms with Crippen molar-refractivity contribution >= 4 is 27.5 Å². The number of amides is 1. The zero-order valence-electron chi connectivity index (χ0n) is 9.51. The summed E-state index contributed by atoms with van der Waals surface area (Å²) in [5.41, 5.74) is 1.73. The molecule has 16 heavy (non-hydrogen) atoms. The van der Waals surface area contributed by atoms with Gasteiger partial charge in [0, 0.05) is 0 Å². The number of rotatable bonds is 5. The van der Waals surface area contributed by atoms with E-state index in [4.69, 9.17) is 0 Å². The van der Waals surface area contributed by atoms with Crippen molar-refractivity contribution in [1.82, 2.24) is 10.3 Å². The van der Waals surface area contributed by atoms with Crippen LogP contribution in [0.5, 0.6) is 0 Å². The van der Waals surface area contributed by atoms with Gasteiger partial charge in [-0.25, -0.2) is 4.98 Å². The first-order valence-corrected chi connectivity index (χ1v) is 6.05. The van der Waals surface area contributed by atoms with Gasteiger partial charge in [0.05, 0.1) is 18.4 Å². The predicted octanol–water partition coefficient (Wildman–Crippen LogP) is 2.09. The summed E-state index contributed by atoms with van der Waals surface area (Å²) in [5, 5.41) is 5.82. The monoisotopic (exact) mass is 285 g/mol. The number of nitrogens with zero attached hydrogens (tertiary/aromatic N) is 1. The quantitative estimate of drug-likeness (QED) is 0.643. The average molecular weight is 286 g/mol. The second-order valence-electron chi connectivity index (χ2n) is 3.56. The van der Waals surface area contributed by atoms with Crippen molar-refractivity contribution in [3.05, 3.63) is 22.4 Å². The number of hydrogen-bond acceptors (Lipinski definition) is 3. The third kappa shape index (κ3) is 4.28. The molecule has 0 unspecified atom stereocenters. The van der Waals surface area contributed by atoms with Gasteiger partial charge in [-0.3, -0.25) is 4.79 Å². The molecule has 0 aliphatic carbocycles. The summed E-state index contributed by atoms with van der Waals surface area (Å²) in [5.74, 6) is -0.0445. The summed E-state index contributed by atoms with van der Waals surface area (Å²) >= 11 is 3.31. The van der Waals surface area contributed by atoms with Crippen LogP contribution in [0.4, 0.5) is 5.69 Å². The van der Waals surface area contributed by atoms with Crippen molar-refractivity contribution < 1.29 is 4.79 Å². The lowest BCUT2D eigenvalue weighted by Gasteiger charge is -2.07. The Kier molecular flexibility index (Phi) is 5.42. The van der Waals surface area contributed by atoms with E-state index in [1.165, 1.54) is 0 Å². The zero-order chi connectivity index (χ0) is 12.0. The molecular weight excluding hydrogens is 270 g/mol. The number of aryl methyl sites for hydroxylation is 1. The van der Waals surface area contributed by atoms with Gasteiger partial charge in [0.15, 0.2) is 0 Å². The van der Waals surface area contributed by atoms with E-state index >= 15 is 0 Å². The minimum absolute atomic E-state index is 0.0445. The largest absolute Gasteiger partial charge is 0.324 e. The van der Waals surface area contributed by atoms with Gasteiger partial charge in [0.2, 0.25) is 5.91 Å². The van der Waals surface area contributed by atoms with E-state index in [0.29, 0.717) is 6.54 Å². The Bertz CT molecular complexity index is 368. The van der Waals surface area contributed by atoms with Crippen molar-refractivity contribution in [2.45, 2.75) is 20.3 Å². The molecule has 1 amide bonds. The first-order valence-electron chi connectivity index (χ1n) is 5.26. The number of pyridine rings is 1. The fourth-order valence-corrected chi connectivity index (χ4v) is 1.43. The summed E-state index contributed by atoms with van der Waals surface area (Å²) in [4.78, 5) is 15.6. The molecule has 0 bridgehead atoms. The SMILES string of the molecule is CCCNCC(=O)Nc1cnc(Br)c(C)c1. The summed E-state index contributed by atoms with van der Waals surface area (Å²) in [7, 11) is 0. The molecule has 0 aliphatic heterocycles. The molecule has 0 spiro atoms. The number of aromatic nitrogens is 1. The van der Waals surface area contributed by atoms with Gasteiger partial charge in [-0.15, -0.1) is 0 Å². The van der Waals surface area contributed by atoms with Crippen LogP contribution in [-0.2, 0) is 4.79 Å². The lowest BCUT2D eigenvalue weighted by atomic mass is 10.3. The van der Waals surface area contributed by atoms with E-state index < -0.39 is 0 Å². The van der Waals surface area contributed by atoms with E-state index in [1.807, 2.05) is 13.0 Å². The highest BCUT2D eigenvalue weighted by Gasteiger charge is 2.03. The Labute approximate surface area is 104 Å². The Hall–Kier alpha value is -0.940. The standard InChI is InChI=1S/C11H16BrN3O/c1-3-4-13-7-10(16)15-9-5-8(2)11(12)14-6-9/h5-6,13H,3-4,7H2,1-2H3,(H,15,16). The molecule has 0 saturated heterocycles. The summed E-state index contributed by atoms with van der Waals surface area (Å²) in [6, 6.07) is 1.88. The number of anilines is 1. The number of nitrogens with one attached hydrogen (secondary N) is 2. The lowest BCUT2D eigenvalue weighted by Crippen LogP contribution is -2.28. The topological polar surface area (TPSA) is 54.0 Å². The molecule has 0 aliphatic rings. The van der Waals surface area contributed by atoms with E-state index in [0.717, 1.165) is 28.8 Å². The van der Waals surface area contributed by atoms with Crippen LogP contribution in [-0.4, -0.2) is 24.0 Å². The average Bonchev–Trinajstić information content (AvgIpc) is 2.24. The van der Waals surface area contributed by atoms with Crippen molar-refractivity contribution in [1.29, 1.82) is 0 Å². The minimum atomic E-state index is -0.0445. The van der Waals surface area contributed by atoms with Crippen LogP contribution in [0.1, 0.15) is 18.9 Å². The van der Waals surface area contributed by atoms with Gasteiger partial charge in [-0.2, -0.15) is 0 Å². The highest BCUT2D eigenvalue weighted by molar-refractivity contribution is 9.10. The van der Waals surface area contributed by atoms with Gasteiger partial charge in [0.1, 0.15) is 4.60 Å². The van der Waals surface area contributed by atoms with Gasteiger partial charge < -0.3 is 10.6 Å². The fraction of sp³-hybridized carbons (Fsp3) is 0.455. The molecule has 0 saturated carbocycles. The van der Waals surface area contributed by atoms with Crippen LogP contribution in [0.3, 0.4) is 0 Å². The Balaban J connectivity index is 2.46. The van der Waals surface area contributed by atoms with Gasteiger partial charge in [-0.05, 0) is 47.4 Å². The van der Waals surface area contributed by atoms with Crippen LogP contribution in [0.2, 0.25) is 0 Å². The molecular formula is C11H16BrN3O. The van der Waals surface area contributed by atoms with Gasteiger partial charge >= 0.3 is 0 Å². The van der Waals surface area contributed by atoms with Crippen LogP contribution in [0.15, 0.2) is 16.9 Å². The Morgan fingerprint density at radius 2 is 2.31 bits per heavy atom. The smallest absolute Gasteiger partial charge is 0.238 e. The number of hydrogen-bond donors (Lipinski definition) is 2. The predicted molar refractivity (Wildman–Crippen MR) is 68.5 cm³/mol. The van der Waals surface area contributed by atoms with E-state index in [-0.39, 0.29) is 5.91 Å². The molecule has 0 atom stereocenters. The molecule has 1 rings (SSSR count). The maximum absolute atomic E-state index is 11.5. The molecule has 0 aromatic carbocycles. The van der Waals surface area contributed by atoms with Crippen molar-refractivity contribution in [3.63, 3.8) is 0 Å². The van der Waals surface area contributed by atoms with E-state index in [9.17, 15) is 4.79 Å². The van der Waals surface area contributed by atoms with Crippen LogP contribution < -0.4 is 10.6 Å². The van der Waals surface area contributed by atoms with Crippen molar-refractivity contribution in [2.24, 2.45) is 0 Å². The second-order valence-corrected chi connectivity index (χ2v) is 4.31. The number of halogens is 1. The molecule has 1 aromatic rings. The normalized spacial score (nSPS) is 10.2. The summed E-state index contributed by atoms with van der Waals surface area (Å²) in [6.07, 6.45) is 2.65. The third-order valence-corrected chi connectivity index (χ3v) is 2.84. The Morgan fingerprint density at radius 3 is 2.94 bits per heavy atom. The van der Waals surface area contributed by atoms with Crippen molar-refractivity contribution in [2.75, 3.05) is 18.4 Å².